The monoisotopic (exact) mass is 205 g/mol. The second-order valence-corrected chi connectivity index (χ2v) is 3.72. The SMILES string of the molecule is CC(C)(C)OC(=O)OC[C@H](N)C(=O)O. The van der Waals surface area contributed by atoms with Crippen LogP contribution in [-0.4, -0.2) is 35.5 Å². The molecule has 0 unspecified atom stereocenters. The second kappa shape index (κ2) is 4.80. The quantitative estimate of drug-likeness (QED) is 0.645. The number of ether oxygens (including phenoxy) is 2. The van der Waals surface area contributed by atoms with E-state index < -0.39 is 30.4 Å². The van der Waals surface area contributed by atoms with Crippen molar-refractivity contribution in [3.05, 3.63) is 0 Å². The van der Waals surface area contributed by atoms with Gasteiger partial charge in [0.15, 0.2) is 0 Å². The van der Waals surface area contributed by atoms with Crippen molar-refractivity contribution in [1.29, 1.82) is 0 Å². The first-order valence-corrected chi connectivity index (χ1v) is 4.06. The largest absolute Gasteiger partial charge is 0.508 e. The summed E-state index contributed by atoms with van der Waals surface area (Å²) in [6, 6.07) is -1.22. The highest BCUT2D eigenvalue weighted by Gasteiger charge is 2.19. The molecule has 0 aromatic carbocycles. The van der Waals surface area contributed by atoms with Crippen molar-refractivity contribution in [2.45, 2.75) is 32.4 Å². The van der Waals surface area contributed by atoms with Crippen LogP contribution in [0.25, 0.3) is 0 Å². The smallest absolute Gasteiger partial charge is 0.480 e. The summed E-state index contributed by atoms with van der Waals surface area (Å²) in [7, 11) is 0. The molecule has 3 N–H and O–H groups in total. The van der Waals surface area contributed by atoms with E-state index in [4.69, 9.17) is 15.6 Å². The van der Waals surface area contributed by atoms with E-state index >= 15 is 0 Å². The predicted octanol–water partition coefficient (Wildman–Crippen LogP) is 0.350. The van der Waals surface area contributed by atoms with E-state index in [0.717, 1.165) is 0 Å². The second-order valence-electron chi connectivity index (χ2n) is 3.72. The Morgan fingerprint density at radius 1 is 1.43 bits per heavy atom. The van der Waals surface area contributed by atoms with E-state index in [1.165, 1.54) is 0 Å². The zero-order chi connectivity index (χ0) is 11.4. The van der Waals surface area contributed by atoms with Crippen molar-refractivity contribution >= 4 is 12.1 Å². The first-order valence-electron chi connectivity index (χ1n) is 4.06. The van der Waals surface area contributed by atoms with Crippen LogP contribution in [0.5, 0.6) is 0 Å². The summed E-state index contributed by atoms with van der Waals surface area (Å²) < 4.78 is 9.23. The van der Waals surface area contributed by atoms with Crippen molar-refractivity contribution in [1.82, 2.24) is 0 Å². The van der Waals surface area contributed by atoms with Crippen molar-refractivity contribution in [2.75, 3.05) is 6.61 Å². The van der Waals surface area contributed by atoms with E-state index in [2.05, 4.69) is 4.74 Å². The Kier molecular flexibility index (Phi) is 4.36. The van der Waals surface area contributed by atoms with Gasteiger partial charge in [-0.1, -0.05) is 0 Å². The molecule has 0 rings (SSSR count). The van der Waals surface area contributed by atoms with Crippen molar-refractivity contribution in [2.24, 2.45) is 5.73 Å². The Bertz CT molecular complexity index is 220. The van der Waals surface area contributed by atoms with Crippen LogP contribution < -0.4 is 5.73 Å². The lowest BCUT2D eigenvalue weighted by Gasteiger charge is -2.19. The third-order valence-electron chi connectivity index (χ3n) is 1.09. The number of carbonyl (C=O) groups is 2. The minimum absolute atomic E-state index is 0.399. The first-order chi connectivity index (χ1) is 6.22. The Labute approximate surface area is 82.0 Å². The van der Waals surface area contributed by atoms with Crippen molar-refractivity contribution in [3.8, 4) is 0 Å². The van der Waals surface area contributed by atoms with Gasteiger partial charge in [0.25, 0.3) is 0 Å². The van der Waals surface area contributed by atoms with E-state index in [1.807, 2.05) is 0 Å². The first kappa shape index (κ1) is 12.7. The summed E-state index contributed by atoms with van der Waals surface area (Å²) in [5, 5.41) is 8.37. The van der Waals surface area contributed by atoms with Crippen molar-refractivity contribution < 1.29 is 24.2 Å². The zero-order valence-electron chi connectivity index (χ0n) is 8.44. The van der Waals surface area contributed by atoms with Crippen LogP contribution in [0.3, 0.4) is 0 Å². The lowest BCUT2D eigenvalue weighted by Crippen LogP contribution is -2.36. The fourth-order valence-corrected chi connectivity index (χ4v) is 0.509. The van der Waals surface area contributed by atoms with Crippen LogP contribution in [0.4, 0.5) is 4.79 Å². The fraction of sp³-hybridized carbons (Fsp3) is 0.750. The summed E-state index contributed by atoms with van der Waals surface area (Å²) in [4.78, 5) is 21.1. The van der Waals surface area contributed by atoms with E-state index in [-0.39, 0.29) is 0 Å². The molecular weight excluding hydrogens is 190 g/mol. The Morgan fingerprint density at radius 3 is 2.29 bits per heavy atom. The number of rotatable bonds is 3. The number of carboxylic acids is 1. The molecule has 6 nitrogen and oxygen atoms in total. The average Bonchev–Trinajstić information content (AvgIpc) is 1.96. The van der Waals surface area contributed by atoms with Gasteiger partial charge in [-0.3, -0.25) is 4.79 Å². The molecular formula is C8H15NO5. The molecule has 0 saturated heterocycles. The lowest BCUT2D eigenvalue weighted by molar-refractivity contribution is -0.139. The van der Waals surface area contributed by atoms with Gasteiger partial charge in [0, 0.05) is 0 Å². The summed E-state index contributed by atoms with van der Waals surface area (Å²) in [5.74, 6) is -1.23. The fourth-order valence-electron chi connectivity index (χ4n) is 0.509. The Morgan fingerprint density at radius 2 is 1.93 bits per heavy atom. The number of carbonyl (C=O) groups excluding carboxylic acids is 1. The molecule has 0 heterocycles. The molecule has 0 bridgehead atoms. The van der Waals surface area contributed by atoms with Gasteiger partial charge in [-0.15, -0.1) is 0 Å². The van der Waals surface area contributed by atoms with Crippen LogP contribution in [0, 0.1) is 0 Å². The predicted molar refractivity (Wildman–Crippen MR) is 47.8 cm³/mol. The van der Waals surface area contributed by atoms with Gasteiger partial charge >= 0.3 is 12.1 Å². The molecule has 0 fully saturated rings. The van der Waals surface area contributed by atoms with Crippen LogP contribution in [0.15, 0.2) is 0 Å². The van der Waals surface area contributed by atoms with E-state index in [0.29, 0.717) is 0 Å². The number of carboxylic acid groups (broad SMARTS) is 1. The minimum atomic E-state index is -1.23. The topological polar surface area (TPSA) is 98.9 Å². The number of hydrogen-bond acceptors (Lipinski definition) is 5. The van der Waals surface area contributed by atoms with Gasteiger partial charge in [0.2, 0.25) is 0 Å². The molecule has 0 aromatic rings. The van der Waals surface area contributed by atoms with Gasteiger partial charge in [-0.05, 0) is 20.8 Å². The van der Waals surface area contributed by atoms with Crippen molar-refractivity contribution in [3.63, 3.8) is 0 Å². The maximum atomic E-state index is 10.9. The maximum absolute atomic E-state index is 10.9. The molecule has 0 aliphatic heterocycles. The highest BCUT2D eigenvalue weighted by Crippen LogP contribution is 2.07. The number of hydrogen-bond donors (Lipinski definition) is 2. The molecule has 14 heavy (non-hydrogen) atoms. The number of nitrogens with two attached hydrogens (primary N) is 1. The molecule has 0 aliphatic rings. The van der Waals surface area contributed by atoms with Crippen LogP contribution in [0.1, 0.15) is 20.8 Å². The molecule has 1 atom stereocenters. The molecule has 0 spiro atoms. The summed E-state index contributed by atoms with van der Waals surface area (Å²) in [6.45, 7) is 4.62. The summed E-state index contributed by atoms with van der Waals surface area (Å²) >= 11 is 0. The van der Waals surface area contributed by atoms with Gasteiger partial charge in [0.05, 0.1) is 0 Å². The number of aliphatic carboxylic acids is 1. The molecule has 0 aromatic heterocycles. The van der Waals surface area contributed by atoms with Gasteiger partial charge in [-0.2, -0.15) is 0 Å². The summed E-state index contributed by atoms with van der Waals surface area (Å²) in [6.07, 6.45) is -0.922. The molecule has 0 amide bonds. The Hall–Kier alpha value is -1.30. The molecule has 82 valence electrons. The van der Waals surface area contributed by atoms with Crippen LogP contribution in [-0.2, 0) is 14.3 Å². The Balaban J connectivity index is 3.81. The van der Waals surface area contributed by atoms with Crippen LogP contribution in [0.2, 0.25) is 0 Å². The van der Waals surface area contributed by atoms with Gasteiger partial charge in [0.1, 0.15) is 18.2 Å². The highest BCUT2D eigenvalue weighted by molar-refractivity contribution is 5.73. The highest BCUT2D eigenvalue weighted by atomic mass is 16.7. The van der Waals surface area contributed by atoms with Gasteiger partial charge < -0.3 is 20.3 Å². The van der Waals surface area contributed by atoms with Crippen LogP contribution >= 0.6 is 0 Å². The van der Waals surface area contributed by atoms with E-state index in [1.54, 1.807) is 20.8 Å². The van der Waals surface area contributed by atoms with Gasteiger partial charge in [-0.25, -0.2) is 4.79 Å². The minimum Gasteiger partial charge on any atom is -0.480 e. The molecule has 0 aliphatic carbocycles. The average molecular weight is 205 g/mol. The molecule has 6 heteroatoms. The zero-order valence-corrected chi connectivity index (χ0v) is 8.44. The lowest BCUT2D eigenvalue weighted by atomic mass is 10.2. The maximum Gasteiger partial charge on any atom is 0.508 e. The standard InChI is InChI=1S/C8H15NO5/c1-8(2,3)14-7(12)13-4-5(9)6(10)11/h5H,4,9H2,1-3H3,(H,10,11)/t5-/m0/s1. The normalized spacial score (nSPS) is 13.1. The third kappa shape index (κ3) is 6.24. The molecule has 0 saturated carbocycles. The molecule has 0 radical (unpaired) electrons. The van der Waals surface area contributed by atoms with E-state index in [9.17, 15) is 9.59 Å². The third-order valence-corrected chi connectivity index (χ3v) is 1.09. The summed E-state index contributed by atoms with van der Waals surface area (Å²) in [5.41, 5.74) is 4.43.